The number of nitrogens with zero attached hydrogens (tertiary/aromatic N) is 1. The summed E-state index contributed by atoms with van der Waals surface area (Å²) in [5.74, 6) is 0.957. The molecule has 2 aromatic carbocycles. The number of amidine groups is 1. The molecule has 5 heteroatoms. The molecule has 1 heterocycles. The SMILES string of the molecule is Cc1cccc(N=C(N)SCc2cc(=O)oc3cc(C)c(C(C)C)cc23)c1. The Bertz CT molecular complexity index is 1070. The Hall–Kier alpha value is -2.53. The fourth-order valence-corrected chi connectivity index (χ4v) is 3.85. The van der Waals surface area contributed by atoms with Gasteiger partial charge in [0.1, 0.15) is 5.58 Å². The standard InChI is InChI=1S/C22H24N2O2S/c1-13(2)18-11-19-16(10-21(25)26-20(19)9-15(18)4)12-27-22(23)24-17-7-5-6-14(3)8-17/h5-11,13H,12H2,1-4H3,(H2,23,24). The largest absolute Gasteiger partial charge is 0.423 e. The first-order chi connectivity index (χ1) is 12.8. The molecule has 0 aliphatic rings. The first-order valence-electron chi connectivity index (χ1n) is 8.94. The number of fused-ring (bicyclic) bond motifs is 1. The maximum absolute atomic E-state index is 12.0. The van der Waals surface area contributed by atoms with Crippen LogP contribution in [-0.4, -0.2) is 5.17 Å². The van der Waals surface area contributed by atoms with Gasteiger partial charge in [-0.05, 0) is 66.3 Å². The number of thioether (sulfide) groups is 1. The van der Waals surface area contributed by atoms with Gasteiger partial charge in [0.2, 0.25) is 0 Å². The van der Waals surface area contributed by atoms with Crippen LogP contribution in [0, 0.1) is 13.8 Å². The van der Waals surface area contributed by atoms with Crippen LogP contribution in [0.2, 0.25) is 0 Å². The van der Waals surface area contributed by atoms with Crippen LogP contribution < -0.4 is 11.4 Å². The van der Waals surface area contributed by atoms with Crippen LogP contribution in [0.3, 0.4) is 0 Å². The fraction of sp³-hybridized carbons (Fsp3) is 0.273. The van der Waals surface area contributed by atoms with E-state index in [1.807, 2.05) is 44.2 Å². The minimum atomic E-state index is -0.344. The Kier molecular flexibility index (Phi) is 5.71. The molecule has 0 atom stereocenters. The maximum Gasteiger partial charge on any atom is 0.336 e. The third-order valence-electron chi connectivity index (χ3n) is 4.46. The Morgan fingerprint density at radius 2 is 1.96 bits per heavy atom. The highest BCUT2D eigenvalue weighted by Crippen LogP contribution is 2.28. The third kappa shape index (κ3) is 4.61. The van der Waals surface area contributed by atoms with Gasteiger partial charge < -0.3 is 10.2 Å². The van der Waals surface area contributed by atoms with Gasteiger partial charge in [-0.25, -0.2) is 9.79 Å². The molecule has 0 unspecified atom stereocenters. The molecule has 0 spiro atoms. The van der Waals surface area contributed by atoms with E-state index in [1.54, 1.807) is 6.07 Å². The average Bonchev–Trinajstić information content (AvgIpc) is 2.58. The van der Waals surface area contributed by atoms with Gasteiger partial charge in [-0.15, -0.1) is 0 Å². The highest BCUT2D eigenvalue weighted by molar-refractivity contribution is 8.13. The van der Waals surface area contributed by atoms with E-state index in [1.165, 1.54) is 17.3 Å². The molecule has 0 saturated carbocycles. The van der Waals surface area contributed by atoms with E-state index < -0.39 is 0 Å². The molecule has 1 aromatic heterocycles. The van der Waals surface area contributed by atoms with Crippen LogP contribution in [-0.2, 0) is 5.75 Å². The Morgan fingerprint density at radius 1 is 1.19 bits per heavy atom. The van der Waals surface area contributed by atoms with E-state index in [9.17, 15) is 4.79 Å². The van der Waals surface area contributed by atoms with E-state index >= 15 is 0 Å². The van der Waals surface area contributed by atoms with Crippen LogP contribution in [0.25, 0.3) is 11.0 Å². The number of benzene rings is 2. The van der Waals surface area contributed by atoms with E-state index in [0.717, 1.165) is 27.8 Å². The number of aryl methyl sites for hydroxylation is 2. The predicted octanol–water partition coefficient (Wildman–Crippen LogP) is 5.41. The minimum Gasteiger partial charge on any atom is -0.423 e. The third-order valence-corrected chi connectivity index (χ3v) is 5.30. The molecule has 0 radical (unpaired) electrons. The lowest BCUT2D eigenvalue weighted by Gasteiger charge is -2.13. The van der Waals surface area contributed by atoms with Crippen LogP contribution in [0.15, 0.2) is 56.7 Å². The van der Waals surface area contributed by atoms with Gasteiger partial charge in [-0.2, -0.15) is 0 Å². The van der Waals surface area contributed by atoms with Crippen molar-refractivity contribution in [3.05, 3.63) is 75.1 Å². The number of rotatable bonds is 4. The maximum atomic E-state index is 12.0. The second kappa shape index (κ2) is 8.01. The molecule has 0 aliphatic heterocycles. The van der Waals surface area contributed by atoms with Crippen molar-refractivity contribution in [3.63, 3.8) is 0 Å². The van der Waals surface area contributed by atoms with Crippen LogP contribution >= 0.6 is 11.8 Å². The molecule has 0 aliphatic carbocycles. The predicted molar refractivity (Wildman–Crippen MR) is 115 cm³/mol. The molecule has 4 nitrogen and oxygen atoms in total. The fourth-order valence-electron chi connectivity index (χ4n) is 3.14. The first kappa shape index (κ1) is 19.2. The number of aliphatic imine (C=N–C) groups is 1. The van der Waals surface area contributed by atoms with E-state index in [2.05, 4.69) is 24.9 Å². The lowest BCUT2D eigenvalue weighted by molar-refractivity contribution is 0.559. The number of hydrogen-bond acceptors (Lipinski definition) is 4. The van der Waals surface area contributed by atoms with Gasteiger partial charge in [0.25, 0.3) is 0 Å². The highest BCUT2D eigenvalue weighted by Gasteiger charge is 2.12. The van der Waals surface area contributed by atoms with Crippen molar-refractivity contribution in [1.82, 2.24) is 0 Å². The summed E-state index contributed by atoms with van der Waals surface area (Å²) in [5, 5.41) is 1.43. The van der Waals surface area contributed by atoms with E-state index in [4.69, 9.17) is 10.2 Å². The highest BCUT2D eigenvalue weighted by atomic mass is 32.2. The molecule has 0 amide bonds. The molecule has 0 bridgehead atoms. The minimum absolute atomic E-state index is 0.344. The van der Waals surface area contributed by atoms with E-state index in [-0.39, 0.29) is 5.63 Å². The van der Waals surface area contributed by atoms with Crippen molar-refractivity contribution >= 4 is 33.6 Å². The summed E-state index contributed by atoms with van der Waals surface area (Å²) in [4.78, 5) is 16.4. The summed E-state index contributed by atoms with van der Waals surface area (Å²) in [7, 11) is 0. The smallest absolute Gasteiger partial charge is 0.336 e. The zero-order chi connectivity index (χ0) is 19.6. The summed E-state index contributed by atoms with van der Waals surface area (Å²) in [6.07, 6.45) is 0. The lowest BCUT2D eigenvalue weighted by atomic mass is 9.95. The molecule has 0 fully saturated rings. The van der Waals surface area contributed by atoms with Gasteiger partial charge in [0, 0.05) is 17.2 Å². The Labute approximate surface area is 163 Å². The van der Waals surface area contributed by atoms with E-state index in [0.29, 0.717) is 22.4 Å². The quantitative estimate of drug-likeness (QED) is 0.373. The van der Waals surface area contributed by atoms with Gasteiger partial charge in [-0.3, -0.25) is 0 Å². The summed E-state index contributed by atoms with van der Waals surface area (Å²) < 4.78 is 5.41. The topological polar surface area (TPSA) is 68.6 Å². The Morgan fingerprint density at radius 3 is 2.67 bits per heavy atom. The molecule has 0 saturated heterocycles. The van der Waals surface area contributed by atoms with Crippen molar-refractivity contribution in [2.75, 3.05) is 0 Å². The van der Waals surface area contributed by atoms with Crippen LogP contribution in [0.5, 0.6) is 0 Å². The van der Waals surface area contributed by atoms with Crippen LogP contribution in [0.4, 0.5) is 5.69 Å². The van der Waals surface area contributed by atoms with Crippen molar-refractivity contribution in [2.24, 2.45) is 10.7 Å². The van der Waals surface area contributed by atoms with Crippen molar-refractivity contribution in [2.45, 2.75) is 39.4 Å². The monoisotopic (exact) mass is 380 g/mol. The summed E-state index contributed by atoms with van der Waals surface area (Å²) >= 11 is 1.42. The zero-order valence-corrected chi connectivity index (χ0v) is 16.9. The van der Waals surface area contributed by atoms with Gasteiger partial charge in [0.15, 0.2) is 5.17 Å². The second-order valence-corrected chi connectivity index (χ2v) is 8.02. The second-order valence-electron chi connectivity index (χ2n) is 7.03. The zero-order valence-electron chi connectivity index (χ0n) is 16.1. The molecule has 27 heavy (non-hydrogen) atoms. The van der Waals surface area contributed by atoms with Crippen LogP contribution in [0.1, 0.15) is 42.0 Å². The summed E-state index contributed by atoms with van der Waals surface area (Å²) in [5.41, 5.74) is 11.6. The molecule has 3 aromatic rings. The van der Waals surface area contributed by atoms with Crippen molar-refractivity contribution < 1.29 is 4.42 Å². The molecular weight excluding hydrogens is 356 g/mol. The normalized spacial score (nSPS) is 12.1. The number of hydrogen-bond donors (Lipinski definition) is 1. The van der Waals surface area contributed by atoms with Gasteiger partial charge in [-0.1, -0.05) is 37.7 Å². The van der Waals surface area contributed by atoms with Crippen molar-refractivity contribution in [1.29, 1.82) is 0 Å². The average molecular weight is 381 g/mol. The first-order valence-corrected chi connectivity index (χ1v) is 9.93. The molecule has 2 N–H and O–H groups in total. The van der Waals surface area contributed by atoms with Gasteiger partial charge >= 0.3 is 5.63 Å². The lowest BCUT2D eigenvalue weighted by Crippen LogP contribution is -2.08. The number of nitrogens with two attached hydrogens (primary N) is 1. The molecule has 140 valence electrons. The summed E-state index contributed by atoms with van der Waals surface area (Å²) in [6.45, 7) is 8.39. The van der Waals surface area contributed by atoms with Gasteiger partial charge in [0.05, 0.1) is 5.69 Å². The Balaban J connectivity index is 1.92. The molecular formula is C22H24N2O2S. The van der Waals surface area contributed by atoms with Crippen molar-refractivity contribution in [3.8, 4) is 0 Å². The molecule has 3 rings (SSSR count). The summed E-state index contributed by atoms with van der Waals surface area (Å²) in [6, 6.07) is 13.5.